The molecular weight excluding hydrogens is 453 g/mol. The van der Waals surface area contributed by atoms with E-state index < -0.39 is 15.9 Å². The van der Waals surface area contributed by atoms with Crippen molar-refractivity contribution in [3.63, 3.8) is 0 Å². The van der Waals surface area contributed by atoms with Crippen molar-refractivity contribution >= 4 is 21.8 Å². The van der Waals surface area contributed by atoms with Gasteiger partial charge in [-0.05, 0) is 32.1 Å². The summed E-state index contributed by atoms with van der Waals surface area (Å²) in [5.41, 5.74) is 1.87. The highest BCUT2D eigenvalue weighted by atomic mass is 32.2. The van der Waals surface area contributed by atoms with E-state index in [0.29, 0.717) is 49.6 Å². The number of esters is 1. The van der Waals surface area contributed by atoms with Gasteiger partial charge >= 0.3 is 5.97 Å². The van der Waals surface area contributed by atoms with E-state index in [1.165, 1.54) is 10.7 Å². The lowest BCUT2D eigenvalue weighted by Gasteiger charge is -2.35. The zero-order chi connectivity index (χ0) is 24.2. The molecule has 0 aliphatic carbocycles. The summed E-state index contributed by atoms with van der Waals surface area (Å²) in [6.07, 6.45) is 3.46. The maximum Gasteiger partial charge on any atom is 0.306 e. The molecule has 1 unspecified atom stereocenters. The van der Waals surface area contributed by atoms with Gasteiger partial charge in [-0.1, -0.05) is 12.1 Å². The van der Waals surface area contributed by atoms with Crippen LogP contribution >= 0.6 is 0 Å². The standard InChI is InChI=1S/C21H30FN5O5S/c1-5-16-21(27-9-7-8-14(12-27)10-19(28)31-6-2)15(22)11-17(23-16)20-18(26(3)25-24-20)13-32-33(4,29)30/h11,14H,5-10,12-13H2,1-4H3. The lowest BCUT2D eigenvalue weighted by Crippen LogP contribution is -2.37. The maximum absolute atomic E-state index is 15.4. The van der Waals surface area contributed by atoms with Gasteiger partial charge in [0, 0.05) is 26.2 Å². The average Bonchev–Trinajstić information content (AvgIpc) is 3.11. The highest BCUT2D eigenvalue weighted by molar-refractivity contribution is 7.85. The first-order chi connectivity index (χ1) is 15.6. The van der Waals surface area contributed by atoms with Gasteiger partial charge in [0.25, 0.3) is 10.1 Å². The Hall–Kier alpha value is -2.60. The van der Waals surface area contributed by atoms with Crippen LogP contribution in [0.15, 0.2) is 6.07 Å². The highest BCUT2D eigenvalue weighted by Crippen LogP contribution is 2.33. The van der Waals surface area contributed by atoms with Crippen molar-refractivity contribution in [3.8, 4) is 11.4 Å². The summed E-state index contributed by atoms with van der Waals surface area (Å²) in [5.74, 6) is -0.601. The van der Waals surface area contributed by atoms with Crippen LogP contribution in [0, 0.1) is 11.7 Å². The molecule has 0 amide bonds. The first-order valence-electron chi connectivity index (χ1n) is 11.0. The molecule has 1 aliphatic heterocycles. The Balaban J connectivity index is 1.89. The summed E-state index contributed by atoms with van der Waals surface area (Å²) >= 11 is 0. The molecule has 33 heavy (non-hydrogen) atoms. The van der Waals surface area contributed by atoms with Gasteiger partial charge < -0.3 is 9.64 Å². The molecule has 2 aromatic rings. The van der Waals surface area contributed by atoms with Crippen LogP contribution in [0.25, 0.3) is 11.4 Å². The van der Waals surface area contributed by atoms with E-state index in [9.17, 15) is 13.2 Å². The van der Waals surface area contributed by atoms with Crippen LogP contribution in [-0.2, 0) is 43.9 Å². The van der Waals surface area contributed by atoms with Crippen LogP contribution in [0.3, 0.4) is 0 Å². The maximum atomic E-state index is 15.4. The number of aromatic nitrogens is 4. The van der Waals surface area contributed by atoms with Gasteiger partial charge in [0.1, 0.15) is 12.3 Å². The number of piperidine rings is 1. The number of ether oxygens (including phenoxy) is 1. The van der Waals surface area contributed by atoms with E-state index >= 15 is 4.39 Å². The first kappa shape index (κ1) is 25.0. The van der Waals surface area contributed by atoms with Crippen molar-refractivity contribution in [2.24, 2.45) is 13.0 Å². The van der Waals surface area contributed by atoms with Gasteiger partial charge in [0.05, 0.1) is 42.1 Å². The number of rotatable bonds is 9. The molecule has 10 nitrogen and oxygen atoms in total. The molecule has 0 saturated carbocycles. The van der Waals surface area contributed by atoms with Gasteiger partial charge in [-0.2, -0.15) is 8.42 Å². The summed E-state index contributed by atoms with van der Waals surface area (Å²) in [6.45, 7) is 4.93. The molecule has 0 spiro atoms. The molecular formula is C21H30FN5O5S. The van der Waals surface area contributed by atoms with Crippen molar-refractivity contribution in [1.29, 1.82) is 0 Å². The molecule has 1 fully saturated rings. The summed E-state index contributed by atoms with van der Waals surface area (Å²) < 4.78 is 49.6. The van der Waals surface area contributed by atoms with Gasteiger partial charge in [0.2, 0.25) is 0 Å². The van der Waals surface area contributed by atoms with Gasteiger partial charge in [-0.3, -0.25) is 8.98 Å². The van der Waals surface area contributed by atoms with Gasteiger partial charge in [0.15, 0.2) is 5.82 Å². The predicted molar refractivity (Wildman–Crippen MR) is 119 cm³/mol. The monoisotopic (exact) mass is 483 g/mol. The van der Waals surface area contributed by atoms with Crippen LogP contribution < -0.4 is 4.90 Å². The van der Waals surface area contributed by atoms with E-state index in [-0.39, 0.29) is 29.9 Å². The highest BCUT2D eigenvalue weighted by Gasteiger charge is 2.28. The fourth-order valence-corrected chi connectivity index (χ4v) is 4.37. The minimum atomic E-state index is -3.68. The van der Waals surface area contributed by atoms with Crippen LogP contribution in [0.1, 0.15) is 44.5 Å². The Bertz CT molecular complexity index is 1100. The van der Waals surface area contributed by atoms with Gasteiger partial charge in [-0.25, -0.2) is 14.1 Å². The van der Waals surface area contributed by atoms with Crippen LogP contribution in [0.4, 0.5) is 10.1 Å². The largest absolute Gasteiger partial charge is 0.466 e. The number of hydrogen-bond acceptors (Lipinski definition) is 9. The van der Waals surface area contributed by atoms with Crippen molar-refractivity contribution in [1.82, 2.24) is 20.0 Å². The third kappa shape index (κ3) is 6.26. The second-order valence-electron chi connectivity index (χ2n) is 8.08. The number of carbonyl (C=O) groups excluding carboxylic acids is 1. The van der Waals surface area contributed by atoms with Crippen molar-refractivity contribution in [2.75, 3.05) is 30.9 Å². The number of carbonyl (C=O) groups is 1. The Morgan fingerprint density at radius 2 is 2.09 bits per heavy atom. The van der Waals surface area contributed by atoms with Crippen LogP contribution in [-0.4, -0.2) is 60.3 Å². The predicted octanol–water partition coefficient (Wildman–Crippen LogP) is 2.22. The quantitative estimate of drug-likeness (QED) is 0.391. The Kier molecular flexibility index (Phi) is 8.01. The lowest BCUT2D eigenvalue weighted by molar-refractivity contribution is -0.144. The second-order valence-corrected chi connectivity index (χ2v) is 9.72. The molecule has 12 heteroatoms. The van der Waals surface area contributed by atoms with Crippen molar-refractivity contribution < 1.29 is 26.5 Å². The molecule has 0 N–H and O–H groups in total. The van der Waals surface area contributed by atoms with E-state index in [0.717, 1.165) is 19.1 Å². The smallest absolute Gasteiger partial charge is 0.306 e. The molecule has 0 radical (unpaired) electrons. The summed E-state index contributed by atoms with van der Waals surface area (Å²) in [7, 11) is -2.08. The first-order valence-corrected chi connectivity index (χ1v) is 12.8. The summed E-state index contributed by atoms with van der Waals surface area (Å²) in [5, 5.41) is 7.97. The molecule has 1 atom stereocenters. The number of halogens is 1. The summed E-state index contributed by atoms with van der Waals surface area (Å²) in [6, 6.07) is 1.29. The Labute approximate surface area is 193 Å². The Morgan fingerprint density at radius 1 is 1.33 bits per heavy atom. The fraction of sp³-hybridized carbons (Fsp3) is 0.619. The number of aryl methyl sites for hydroxylation is 2. The van der Waals surface area contributed by atoms with Crippen molar-refractivity contribution in [2.45, 2.75) is 46.1 Å². The number of anilines is 1. The molecule has 3 rings (SSSR count). The third-order valence-corrected chi connectivity index (χ3v) is 6.09. The zero-order valence-electron chi connectivity index (χ0n) is 19.4. The molecule has 3 heterocycles. The van der Waals surface area contributed by atoms with Crippen LogP contribution in [0.2, 0.25) is 0 Å². The second kappa shape index (κ2) is 10.6. The number of hydrogen-bond donors (Lipinski definition) is 0. The average molecular weight is 484 g/mol. The normalized spacial score (nSPS) is 16.8. The molecule has 0 aromatic carbocycles. The molecule has 1 saturated heterocycles. The van der Waals surface area contributed by atoms with E-state index in [4.69, 9.17) is 8.92 Å². The van der Waals surface area contributed by atoms with E-state index in [1.54, 1.807) is 14.0 Å². The Morgan fingerprint density at radius 3 is 2.76 bits per heavy atom. The summed E-state index contributed by atoms with van der Waals surface area (Å²) in [4.78, 5) is 18.5. The third-order valence-electron chi connectivity index (χ3n) is 5.54. The zero-order valence-corrected chi connectivity index (χ0v) is 20.2. The fourth-order valence-electron chi connectivity index (χ4n) is 4.05. The molecule has 1 aliphatic rings. The van der Waals surface area contributed by atoms with Gasteiger partial charge in [-0.15, -0.1) is 5.10 Å². The SMILES string of the molecule is CCOC(=O)CC1CCCN(c2c(F)cc(-c3nnn(C)c3COS(C)(=O)=O)nc2CC)C1. The molecule has 182 valence electrons. The minimum Gasteiger partial charge on any atom is -0.466 e. The van der Waals surface area contributed by atoms with Crippen LogP contribution in [0.5, 0.6) is 0 Å². The van der Waals surface area contributed by atoms with E-state index in [1.807, 2.05) is 11.8 Å². The van der Waals surface area contributed by atoms with Crippen molar-refractivity contribution in [3.05, 3.63) is 23.3 Å². The number of pyridine rings is 1. The minimum absolute atomic E-state index is 0.0846. The lowest BCUT2D eigenvalue weighted by atomic mass is 9.94. The van der Waals surface area contributed by atoms with E-state index in [2.05, 4.69) is 15.3 Å². The molecule has 0 bridgehead atoms. The molecule has 2 aromatic heterocycles. The topological polar surface area (TPSA) is 117 Å². The number of nitrogens with zero attached hydrogens (tertiary/aromatic N) is 5.